The molecule has 2 unspecified atom stereocenters. The van der Waals surface area contributed by atoms with Crippen LogP contribution in [0.4, 0.5) is 21.0 Å². The molecule has 4 amide bonds. The first kappa shape index (κ1) is 52.3. The number of rotatable bonds is 14. The molecule has 0 saturated carbocycles. The Morgan fingerprint density at radius 2 is 0.972 bits per heavy atom. The molecular formula is C50H52N6O14S. The van der Waals surface area contributed by atoms with Crippen molar-refractivity contribution >= 4 is 71.2 Å². The monoisotopic (exact) mass is 992 g/mol. The topological polar surface area (TPSA) is 261 Å². The SMILES string of the molecule is COC(=O)N1CCN(C(=O)/C=C/c2ccc(Sc3ccc(/C=C/C(=O)N4CCN(C(=O)OC)CC4C(=O)O)c(-c4ccccc4C(C)C)c3[N+](=O)[O-])c([N+](=O)[O-])c2-c2ccccc2C(C)C)C(C(=O)O)C1. The highest BCUT2D eigenvalue weighted by Gasteiger charge is 2.39. The second-order valence-electron chi connectivity index (χ2n) is 17.1. The average Bonchev–Trinajstić information content (AvgIpc) is 3.35. The lowest BCUT2D eigenvalue weighted by atomic mass is 9.89. The van der Waals surface area contributed by atoms with Crippen molar-refractivity contribution in [2.75, 3.05) is 53.5 Å². The van der Waals surface area contributed by atoms with E-state index in [0.29, 0.717) is 22.3 Å². The van der Waals surface area contributed by atoms with Gasteiger partial charge in [0, 0.05) is 38.3 Å². The molecule has 2 fully saturated rings. The second kappa shape index (κ2) is 22.6. The molecule has 6 rings (SSSR count). The van der Waals surface area contributed by atoms with Gasteiger partial charge in [0.15, 0.2) is 0 Å². The number of carbonyl (C=O) groups excluding carboxylic acids is 4. The van der Waals surface area contributed by atoms with Gasteiger partial charge in [-0.2, -0.15) is 0 Å². The Hall–Kier alpha value is -8.07. The van der Waals surface area contributed by atoms with E-state index in [1.54, 1.807) is 36.4 Å². The first-order chi connectivity index (χ1) is 33.8. The van der Waals surface area contributed by atoms with Crippen LogP contribution in [0.15, 0.2) is 94.7 Å². The molecular weight excluding hydrogens is 941 g/mol. The van der Waals surface area contributed by atoms with Crippen LogP contribution in [0.3, 0.4) is 0 Å². The number of hydrogen-bond donors (Lipinski definition) is 2. The zero-order chi connectivity index (χ0) is 51.8. The van der Waals surface area contributed by atoms with Crippen molar-refractivity contribution in [1.82, 2.24) is 19.6 Å². The quantitative estimate of drug-likeness (QED) is 0.0689. The van der Waals surface area contributed by atoms with Crippen LogP contribution in [-0.4, -0.2) is 141 Å². The summed E-state index contributed by atoms with van der Waals surface area (Å²) in [6.45, 7) is 6.68. The summed E-state index contributed by atoms with van der Waals surface area (Å²) in [6.07, 6.45) is 3.43. The van der Waals surface area contributed by atoms with E-state index in [0.717, 1.165) is 47.9 Å². The Balaban J connectivity index is 1.49. The Bertz CT molecular complexity index is 2660. The molecule has 0 bridgehead atoms. The molecule has 0 aliphatic carbocycles. The van der Waals surface area contributed by atoms with Gasteiger partial charge in [-0.3, -0.25) is 29.8 Å². The molecule has 71 heavy (non-hydrogen) atoms. The van der Waals surface area contributed by atoms with Gasteiger partial charge in [0.25, 0.3) is 11.4 Å². The normalized spacial score (nSPS) is 16.2. The first-order valence-corrected chi connectivity index (χ1v) is 23.2. The molecule has 4 aromatic rings. The number of methoxy groups -OCH3 is 2. The Labute approximate surface area is 412 Å². The molecule has 2 heterocycles. The van der Waals surface area contributed by atoms with E-state index in [4.69, 9.17) is 9.47 Å². The van der Waals surface area contributed by atoms with E-state index >= 15 is 0 Å². The largest absolute Gasteiger partial charge is 0.480 e. The summed E-state index contributed by atoms with van der Waals surface area (Å²) < 4.78 is 9.48. The predicted octanol–water partition coefficient (Wildman–Crippen LogP) is 7.99. The molecule has 2 N–H and O–H groups in total. The standard InChI is InChI=1S/C50H52N6O14S/c1-29(2)33-11-7-9-13-35(33)43-31(17-21-41(57)53-25-23-51(49(63)69-5)27-37(53)47(59)60)15-19-39(45(43)55(65)66)71-40-20-16-32(44(46(40)56(67)68)36-14-10-8-12-34(36)30(3)4)18-22-42(58)54-26-24-52(50(64)70-6)28-38(54)48(61)62/h7-22,29-30,37-38H,23-28H2,1-6H3,(H,59,60)(H,61,62)/b21-17+,22-18+. The molecule has 20 nitrogen and oxygen atoms in total. The van der Waals surface area contributed by atoms with Gasteiger partial charge in [-0.25, -0.2) is 19.2 Å². The number of benzene rings is 4. The van der Waals surface area contributed by atoms with Gasteiger partial charge < -0.3 is 39.3 Å². The summed E-state index contributed by atoms with van der Waals surface area (Å²) in [5, 5.41) is 47.0. The lowest BCUT2D eigenvalue weighted by molar-refractivity contribution is -0.387. The van der Waals surface area contributed by atoms with Crippen LogP contribution in [0.1, 0.15) is 61.8 Å². The highest BCUT2D eigenvalue weighted by atomic mass is 32.2. The molecule has 2 aliphatic rings. The van der Waals surface area contributed by atoms with Gasteiger partial charge in [-0.05, 0) is 69.5 Å². The van der Waals surface area contributed by atoms with Gasteiger partial charge in [0.2, 0.25) is 11.8 Å². The maximum Gasteiger partial charge on any atom is 0.409 e. The van der Waals surface area contributed by atoms with Crippen molar-refractivity contribution in [3.63, 3.8) is 0 Å². The van der Waals surface area contributed by atoms with Gasteiger partial charge in [-0.15, -0.1) is 0 Å². The third-order valence-electron chi connectivity index (χ3n) is 12.2. The smallest absolute Gasteiger partial charge is 0.409 e. The van der Waals surface area contributed by atoms with Crippen molar-refractivity contribution in [2.24, 2.45) is 0 Å². The van der Waals surface area contributed by atoms with Gasteiger partial charge >= 0.3 is 24.1 Å². The number of piperazine rings is 2. The Morgan fingerprint density at radius 3 is 1.30 bits per heavy atom. The number of carboxylic acid groups (broad SMARTS) is 2. The molecule has 2 atom stereocenters. The number of hydrogen-bond acceptors (Lipinski definition) is 13. The molecule has 372 valence electrons. The van der Waals surface area contributed by atoms with E-state index < -0.39 is 69.2 Å². The lowest BCUT2D eigenvalue weighted by Gasteiger charge is -2.38. The molecule has 0 radical (unpaired) electrons. The molecule has 4 aromatic carbocycles. The number of nitro benzene ring substituents is 2. The van der Waals surface area contributed by atoms with Crippen LogP contribution in [0.25, 0.3) is 34.4 Å². The number of carboxylic acids is 2. The molecule has 2 saturated heterocycles. The zero-order valence-electron chi connectivity index (χ0n) is 39.7. The van der Waals surface area contributed by atoms with Crippen LogP contribution in [0.2, 0.25) is 0 Å². The molecule has 21 heteroatoms. The Kier molecular flexibility index (Phi) is 16.6. The highest BCUT2D eigenvalue weighted by molar-refractivity contribution is 7.99. The number of amides is 4. The third-order valence-corrected chi connectivity index (χ3v) is 13.3. The van der Waals surface area contributed by atoms with Crippen molar-refractivity contribution in [3.05, 3.63) is 127 Å². The summed E-state index contributed by atoms with van der Waals surface area (Å²) in [4.78, 5) is 107. The van der Waals surface area contributed by atoms with E-state index in [1.807, 2.05) is 39.8 Å². The fourth-order valence-electron chi connectivity index (χ4n) is 8.74. The van der Waals surface area contributed by atoms with Crippen LogP contribution >= 0.6 is 11.8 Å². The average molecular weight is 993 g/mol. The summed E-state index contributed by atoms with van der Waals surface area (Å²) in [6, 6.07) is 17.1. The van der Waals surface area contributed by atoms with Crippen LogP contribution in [0, 0.1) is 20.2 Å². The number of nitro groups is 2. The fraction of sp³-hybridized carbons (Fsp3) is 0.320. The van der Waals surface area contributed by atoms with Crippen molar-refractivity contribution in [1.29, 1.82) is 0 Å². The highest BCUT2D eigenvalue weighted by Crippen LogP contribution is 2.50. The van der Waals surface area contributed by atoms with Gasteiger partial charge in [0.1, 0.15) is 12.1 Å². The van der Waals surface area contributed by atoms with Crippen molar-refractivity contribution < 1.29 is 58.3 Å². The number of nitrogens with zero attached hydrogens (tertiary/aromatic N) is 6. The number of ether oxygens (including phenoxy) is 2. The second-order valence-corrected chi connectivity index (χ2v) is 18.2. The van der Waals surface area contributed by atoms with Crippen molar-refractivity contribution in [2.45, 2.75) is 61.4 Å². The van der Waals surface area contributed by atoms with Crippen molar-refractivity contribution in [3.8, 4) is 22.3 Å². The maximum absolute atomic E-state index is 13.7. The minimum atomic E-state index is -1.41. The number of carbonyl (C=O) groups is 6. The minimum absolute atomic E-state index is 0.00272. The first-order valence-electron chi connectivity index (χ1n) is 22.4. The number of aliphatic carboxylic acids is 2. The van der Waals surface area contributed by atoms with E-state index in [-0.39, 0.29) is 83.1 Å². The predicted molar refractivity (Wildman–Crippen MR) is 262 cm³/mol. The summed E-state index contributed by atoms with van der Waals surface area (Å²) in [5.41, 5.74) is 2.08. The van der Waals surface area contributed by atoms with Crippen LogP contribution in [-0.2, 0) is 28.7 Å². The van der Waals surface area contributed by atoms with Gasteiger partial charge in [0.05, 0.1) is 58.1 Å². The van der Waals surface area contributed by atoms with E-state index in [1.165, 1.54) is 46.2 Å². The molecule has 2 aliphatic heterocycles. The fourth-order valence-corrected chi connectivity index (χ4v) is 9.80. The summed E-state index contributed by atoms with van der Waals surface area (Å²) in [5.74, 6) is -4.47. The summed E-state index contributed by atoms with van der Waals surface area (Å²) in [7, 11) is 2.32. The zero-order valence-corrected chi connectivity index (χ0v) is 40.5. The summed E-state index contributed by atoms with van der Waals surface area (Å²) >= 11 is 0.774. The molecule has 0 spiro atoms. The lowest BCUT2D eigenvalue weighted by Crippen LogP contribution is -2.59. The minimum Gasteiger partial charge on any atom is -0.480 e. The van der Waals surface area contributed by atoms with Gasteiger partial charge in [-0.1, -0.05) is 100 Å². The van der Waals surface area contributed by atoms with E-state index in [2.05, 4.69) is 0 Å². The van der Waals surface area contributed by atoms with Crippen LogP contribution < -0.4 is 0 Å². The molecule has 0 aromatic heterocycles. The Morgan fingerprint density at radius 1 is 0.606 bits per heavy atom. The van der Waals surface area contributed by atoms with E-state index in [9.17, 15) is 59.2 Å². The van der Waals surface area contributed by atoms with Crippen LogP contribution in [0.5, 0.6) is 0 Å². The maximum atomic E-state index is 13.7. The third kappa shape index (κ3) is 11.4.